The highest BCUT2D eigenvalue weighted by Crippen LogP contribution is 2.37. The van der Waals surface area contributed by atoms with E-state index in [0.717, 1.165) is 37.5 Å². The van der Waals surface area contributed by atoms with Crippen molar-refractivity contribution in [2.75, 3.05) is 7.11 Å². The average Bonchev–Trinajstić information content (AvgIpc) is 3.35. The molecule has 178 valence electrons. The van der Waals surface area contributed by atoms with Gasteiger partial charge in [-0.2, -0.15) is 0 Å². The summed E-state index contributed by atoms with van der Waals surface area (Å²) in [4.78, 5) is 59.2. The highest BCUT2D eigenvalue weighted by atomic mass is 16.5. The van der Waals surface area contributed by atoms with Gasteiger partial charge in [-0.1, -0.05) is 36.4 Å². The van der Waals surface area contributed by atoms with Gasteiger partial charge in [0.15, 0.2) is 0 Å². The predicted molar refractivity (Wildman–Crippen MR) is 124 cm³/mol. The van der Waals surface area contributed by atoms with Crippen LogP contribution in [0.1, 0.15) is 64.6 Å². The molecular weight excluding hydrogens is 436 g/mol. The van der Waals surface area contributed by atoms with E-state index in [1.54, 1.807) is 24.3 Å². The van der Waals surface area contributed by atoms with Crippen molar-refractivity contribution in [3.05, 3.63) is 70.8 Å². The summed E-state index contributed by atoms with van der Waals surface area (Å²) >= 11 is 0. The van der Waals surface area contributed by atoms with E-state index in [1.165, 1.54) is 4.90 Å². The summed E-state index contributed by atoms with van der Waals surface area (Å²) in [5, 5.41) is 0. The minimum absolute atomic E-state index is 0.0538. The van der Waals surface area contributed by atoms with Crippen LogP contribution < -0.4 is 0 Å². The number of carbonyl (C=O) groups is 5. The highest BCUT2D eigenvalue weighted by Gasteiger charge is 2.39. The standard InChI is InChI=1S/C23H24N2O3.C3H4O3/c1-15-11-12-21(24(15)14-26)18-8-4-3-7-17(18)13-16(2)25-22(27)19-9-5-6-10-20(19)23(25)28;1-6-3(5)2-4/h3-10,14-16,21H,11-13H2,1-2H3;2H,1H3. The molecule has 2 aromatic carbocycles. The summed E-state index contributed by atoms with van der Waals surface area (Å²) < 4.78 is 3.89. The van der Waals surface area contributed by atoms with Crippen LogP contribution in [-0.4, -0.2) is 59.5 Å². The Morgan fingerprint density at radius 3 is 2.15 bits per heavy atom. The van der Waals surface area contributed by atoms with Gasteiger partial charge in [-0.05, 0) is 56.4 Å². The van der Waals surface area contributed by atoms with Crippen LogP contribution in [0.25, 0.3) is 0 Å². The van der Waals surface area contributed by atoms with Gasteiger partial charge < -0.3 is 9.64 Å². The summed E-state index contributed by atoms with van der Waals surface area (Å²) in [6, 6.07) is 15.0. The number of amides is 3. The second kappa shape index (κ2) is 10.9. The number of nitrogens with zero attached hydrogens (tertiary/aromatic N) is 2. The van der Waals surface area contributed by atoms with Gasteiger partial charge in [0.05, 0.1) is 24.3 Å². The van der Waals surface area contributed by atoms with E-state index in [4.69, 9.17) is 0 Å². The second-order valence-electron chi connectivity index (χ2n) is 8.41. The van der Waals surface area contributed by atoms with Gasteiger partial charge in [-0.15, -0.1) is 0 Å². The van der Waals surface area contributed by atoms with Gasteiger partial charge in [0.25, 0.3) is 11.8 Å². The van der Waals surface area contributed by atoms with E-state index in [9.17, 15) is 24.0 Å². The van der Waals surface area contributed by atoms with Crippen molar-refractivity contribution in [2.45, 2.75) is 51.2 Å². The minimum Gasteiger partial charge on any atom is -0.463 e. The third-order valence-corrected chi connectivity index (χ3v) is 6.34. The number of carbonyl (C=O) groups excluding carboxylic acids is 5. The van der Waals surface area contributed by atoms with Gasteiger partial charge in [-0.3, -0.25) is 24.1 Å². The Labute approximate surface area is 198 Å². The zero-order chi connectivity index (χ0) is 24.8. The molecule has 0 aliphatic carbocycles. The number of fused-ring (bicyclic) bond motifs is 1. The number of aldehydes is 1. The summed E-state index contributed by atoms with van der Waals surface area (Å²) in [5.74, 6) is -1.29. The molecule has 0 spiro atoms. The molecule has 2 heterocycles. The van der Waals surface area contributed by atoms with Crippen LogP contribution in [0.4, 0.5) is 0 Å². The molecule has 2 aliphatic heterocycles. The highest BCUT2D eigenvalue weighted by molar-refractivity contribution is 6.21. The van der Waals surface area contributed by atoms with E-state index in [-0.39, 0.29) is 36.2 Å². The normalized spacial score (nSPS) is 19.7. The molecule has 34 heavy (non-hydrogen) atoms. The van der Waals surface area contributed by atoms with Crippen LogP contribution in [0.5, 0.6) is 0 Å². The zero-order valence-electron chi connectivity index (χ0n) is 19.5. The Kier molecular flexibility index (Phi) is 7.94. The fourth-order valence-electron chi connectivity index (χ4n) is 4.61. The molecule has 0 radical (unpaired) electrons. The summed E-state index contributed by atoms with van der Waals surface area (Å²) in [7, 11) is 1.15. The first-order valence-electron chi connectivity index (χ1n) is 11.1. The van der Waals surface area contributed by atoms with Crippen LogP contribution >= 0.6 is 0 Å². The maximum absolute atomic E-state index is 12.8. The van der Waals surface area contributed by atoms with Crippen molar-refractivity contribution in [3.8, 4) is 0 Å². The topological polar surface area (TPSA) is 101 Å². The van der Waals surface area contributed by atoms with Crippen LogP contribution in [0.3, 0.4) is 0 Å². The van der Waals surface area contributed by atoms with Crippen LogP contribution in [-0.2, 0) is 25.5 Å². The minimum atomic E-state index is -0.838. The molecular formula is C26H28N2O6. The summed E-state index contributed by atoms with van der Waals surface area (Å²) in [6.45, 7) is 3.98. The molecule has 2 aromatic rings. The molecule has 2 aliphatic rings. The third-order valence-electron chi connectivity index (χ3n) is 6.34. The van der Waals surface area contributed by atoms with Crippen molar-refractivity contribution < 1.29 is 28.7 Å². The number of benzene rings is 2. The molecule has 8 nitrogen and oxygen atoms in total. The van der Waals surface area contributed by atoms with E-state index in [1.807, 2.05) is 30.0 Å². The quantitative estimate of drug-likeness (QED) is 0.282. The van der Waals surface area contributed by atoms with Gasteiger partial charge in [0, 0.05) is 12.1 Å². The molecule has 0 bridgehead atoms. The monoisotopic (exact) mass is 464 g/mol. The van der Waals surface area contributed by atoms with Gasteiger partial charge >= 0.3 is 5.97 Å². The molecule has 8 heteroatoms. The SMILES string of the molecule is CC(Cc1ccccc1C1CCC(C)N1C=O)N1C(=O)c2ccccc2C1=O.COC(=O)C=O. The lowest BCUT2D eigenvalue weighted by Gasteiger charge is -2.28. The smallest absolute Gasteiger partial charge is 0.371 e. The number of ether oxygens (including phenoxy) is 1. The molecule has 3 atom stereocenters. The maximum Gasteiger partial charge on any atom is 0.371 e. The lowest BCUT2D eigenvalue weighted by Crippen LogP contribution is -2.39. The van der Waals surface area contributed by atoms with E-state index < -0.39 is 5.97 Å². The third kappa shape index (κ3) is 4.90. The number of hydrogen-bond acceptors (Lipinski definition) is 6. The van der Waals surface area contributed by atoms with Gasteiger partial charge in [0.1, 0.15) is 0 Å². The Morgan fingerprint density at radius 1 is 1.03 bits per heavy atom. The zero-order valence-corrected chi connectivity index (χ0v) is 19.5. The molecule has 3 amide bonds. The molecule has 4 rings (SSSR count). The number of esters is 1. The number of rotatable bonds is 6. The van der Waals surface area contributed by atoms with Crippen molar-refractivity contribution in [3.63, 3.8) is 0 Å². The molecule has 3 unspecified atom stereocenters. The lowest BCUT2D eigenvalue weighted by molar-refractivity contribution is -0.146. The van der Waals surface area contributed by atoms with E-state index in [2.05, 4.69) is 17.7 Å². The first-order chi connectivity index (χ1) is 16.3. The fourth-order valence-corrected chi connectivity index (χ4v) is 4.61. The predicted octanol–water partition coefficient (Wildman–Crippen LogP) is 2.95. The number of likely N-dealkylation sites (tertiary alicyclic amines) is 1. The maximum atomic E-state index is 12.8. The van der Waals surface area contributed by atoms with Crippen molar-refractivity contribution in [1.82, 2.24) is 9.80 Å². The fraction of sp³-hybridized carbons (Fsp3) is 0.346. The molecule has 1 fully saturated rings. The van der Waals surface area contributed by atoms with Crippen LogP contribution in [0.2, 0.25) is 0 Å². The molecule has 0 N–H and O–H groups in total. The Bertz CT molecular complexity index is 1060. The first kappa shape index (κ1) is 24.8. The van der Waals surface area contributed by atoms with Gasteiger partial charge in [0.2, 0.25) is 12.7 Å². The van der Waals surface area contributed by atoms with Crippen molar-refractivity contribution in [2.24, 2.45) is 0 Å². The first-order valence-corrected chi connectivity index (χ1v) is 11.1. The molecule has 0 saturated carbocycles. The summed E-state index contributed by atoms with van der Waals surface area (Å²) in [6.07, 6.45) is 3.52. The second-order valence-corrected chi connectivity index (χ2v) is 8.41. The van der Waals surface area contributed by atoms with E-state index in [0.29, 0.717) is 17.5 Å². The number of imide groups is 1. The lowest BCUT2D eigenvalue weighted by atomic mass is 9.94. The Morgan fingerprint density at radius 2 is 1.62 bits per heavy atom. The Hall–Kier alpha value is -3.81. The molecule has 1 saturated heterocycles. The number of methoxy groups -OCH3 is 1. The van der Waals surface area contributed by atoms with Crippen molar-refractivity contribution in [1.29, 1.82) is 0 Å². The summed E-state index contributed by atoms with van der Waals surface area (Å²) in [5.41, 5.74) is 3.15. The van der Waals surface area contributed by atoms with E-state index >= 15 is 0 Å². The van der Waals surface area contributed by atoms with Crippen LogP contribution in [0.15, 0.2) is 48.5 Å². The van der Waals surface area contributed by atoms with Crippen molar-refractivity contribution >= 4 is 30.5 Å². The number of hydrogen-bond donors (Lipinski definition) is 0. The van der Waals surface area contributed by atoms with Gasteiger partial charge in [-0.25, -0.2) is 4.79 Å². The molecule has 0 aromatic heterocycles. The largest absolute Gasteiger partial charge is 0.463 e. The van der Waals surface area contributed by atoms with Crippen LogP contribution in [0, 0.1) is 0 Å². The average molecular weight is 465 g/mol. The Balaban J connectivity index is 0.000000481.